The van der Waals surface area contributed by atoms with Crippen LogP contribution < -0.4 is 15.8 Å². The van der Waals surface area contributed by atoms with Crippen LogP contribution in [-0.2, 0) is 6.42 Å². The van der Waals surface area contributed by atoms with Gasteiger partial charge in [0.2, 0.25) is 0 Å². The second-order valence-electron chi connectivity index (χ2n) is 8.14. The maximum Gasteiger partial charge on any atom is 0.269 e. The lowest BCUT2D eigenvalue weighted by Gasteiger charge is -2.39. The van der Waals surface area contributed by atoms with E-state index in [0.717, 1.165) is 56.8 Å². The second-order valence-corrected chi connectivity index (χ2v) is 8.14. The van der Waals surface area contributed by atoms with Gasteiger partial charge in [0.25, 0.3) is 11.5 Å². The Labute approximate surface area is 176 Å². The van der Waals surface area contributed by atoms with Gasteiger partial charge in [-0.2, -0.15) is 0 Å². The van der Waals surface area contributed by atoms with Crippen molar-refractivity contribution in [2.45, 2.75) is 44.6 Å². The number of amides is 1. The molecule has 1 saturated heterocycles. The van der Waals surface area contributed by atoms with E-state index in [1.54, 1.807) is 19.3 Å². The molecule has 2 fully saturated rings. The normalized spacial score (nSPS) is 22.3. The molecule has 30 heavy (non-hydrogen) atoms. The third-order valence-electron chi connectivity index (χ3n) is 6.46. The number of nitrogens with zero attached hydrogens (tertiary/aromatic N) is 4. The van der Waals surface area contributed by atoms with Crippen LogP contribution >= 0.6 is 0 Å². The number of carbonyl (C=O) groups excluding carboxylic acids is 1. The minimum absolute atomic E-state index is 0.0388. The number of carbonyl (C=O) groups is 1. The van der Waals surface area contributed by atoms with E-state index in [-0.39, 0.29) is 11.5 Å². The van der Waals surface area contributed by atoms with Gasteiger partial charge in [0, 0.05) is 57.1 Å². The van der Waals surface area contributed by atoms with E-state index in [4.69, 9.17) is 0 Å². The molecular weight excluding hydrogens is 380 g/mol. The van der Waals surface area contributed by atoms with Crippen LogP contribution in [0.5, 0.6) is 0 Å². The smallest absolute Gasteiger partial charge is 0.269 e. The molecule has 2 aromatic heterocycles. The Morgan fingerprint density at radius 3 is 2.60 bits per heavy atom. The number of H-pyrrole nitrogens is 1. The molecule has 160 valence electrons. The first kappa shape index (κ1) is 20.5. The van der Waals surface area contributed by atoms with Crippen LogP contribution in [0.2, 0.25) is 0 Å². The zero-order chi connectivity index (χ0) is 21.1. The van der Waals surface area contributed by atoms with Crippen molar-refractivity contribution < 1.29 is 4.79 Å². The number of aromatic amines is 1. The molecule has 0 bridgehead atoms. The van der Waals surface area contributed by atoms with Crippen LogP contribution in [0.25, 0.3) is 0 Å². The number of aryl methyl sites for hydroxylation is 1. The van der Waals surface area contributed by atoms with E-state index in [2.05, 4.69) is 30.1 Å². The van der Waals surface area contributed by atoms with Crippen molar-refractivity contribution in [3.05, 3.63) is 52.0 Å². The van der Waals surface area contributed by atoms with E-state index in [1.807, 2.05) is 19.2 Å². The Hall–Kier alpha value is -2.74. The topological polar surface area (TPSA) is 94.2 Å². The van der Waals surface area contributed by atoms with E-state index in [0.29, 0.717) is 29.8 Å². The first-order valence-corrected chi connectivity index (χ1v) is 10.8. The van der Waals surface area contributed by atoms with Crippen LogP contribution in [0, 0.1) is 0 Å². The number of aromatic nitrogens is 3. The van der Waals surface area contributed by atoms with Crippen molar-refractivity contribution in [2.75, 3.05) is 38.1 Å². The average molecular weight is 411 g/mol. The standard InChI is InChI=1S/C22H30N6O2/c1-3-18-22(30)26-20(14-25-18)15-4-5-16(12-15)27-8-10-28(11-9-27)17-6-7-19(24-13-17)21(29)23-2/h6-7,13-16H,3-5,8-12H2,1-2H3,(H,23,29)(H,26,30)/t15-,16+/m1/s1. The molecule has 1 amide bonds. The summed E-state index contributed by atoms with van der Waals surface area (Å²) in [7, 11) is 1.61. The number of piperazine rings is 1. The van der Waals surface area contributed by atoms with Crippen LogP contribution in [0.15, 0.2) is 29.3 Å². The Morgan fingerprint density at radius 2 is 1.97 bits per heavy atom. The fourth-order valence-electron chi connectivity index (χ4n) is 4.65. The van der Waals surface area contributed by atoms with Gasteiger partial charge in [-0.25, -0.2) is 4.98 Å². The zero-order valence-electron chi connectivity index (χ0n) is 17.7. The van der Waals surface area contributed by atoms with E-state index in [1.165, 1.54) is 0 Å². The van der Waals surface area contributed by atoms with E-state index >= 15 is 0 Å². The molecular formula is C22H30N6O2. The summed E-state index contributed by atoms with van der Waals surface area (Å²) in [5.74, 6) is 0.226. The van der Waals surface area contributed by atoms with E-state index < -0.39 is 0 Å². The van der Waals surface area contributed by atoms with Gasteiger partial charge >= 0.3 is 0 Å². The van der Waals surface area contributed by atoms with Crippen molar-refractivity contribution in [3.63, 3.8) is 0 Å². The number of hydrogen-bond donors (Lipinski definition) is 2. The van der Waals surface area contributed by atoms with Gasteiger partial charge in [-0.05, 0) is 37.8 Å². The molecule has 2 atom stereocenters. The van der Waals surface area contributed by atoms with Gasteiger partial charge in [0.15, 0.2) is 0 Å². The third-order valence-corrected chi connectivity index (χ3v) is 6.46. The Balaban J connectivity index is 1.32. The number of nitrogens with one attached hydrogen (secondary N) is 2. The average Bonchev–Trinajstić information content (AvgIpc) is 3.29. The summed E-state index contributed by atoms with van der Waals surface area (Å²) in [5.41, 5.74) is 3.06. The predicted molar refractivity (Wildman–Crippen MR) is 116 cm³/mol. The highest BCUT2D eigenvalue weighted by Gasteiger charge is 2.32. The summed E-state index contributed by atoms with van der Waals surface area (Å²) in [6.45, 7) is 5.88. The molecule has 8 nitrogen and oxygen atoms in total. The minimum Gasteiger partial charge on any atom is -0.368 e. The highest BCUT2D eigenvalue weighted by atomic mass is 16.1. The summed E-state index contributed by atoms with van der Waals surface area (Å²) >= 11 is 0. The molecule has 1 saturated carbocycles. The fraction of sp³-hybridized carbons (Fsp3) is 0.545. The van der Waals surface area contributed by atoms with Crippen molar-refractivity contribution in [1.82, 2.24) is 25.2 Å². The van der Waals surface area contributed by atoms with Gasteiger partial charge < -0.3 is 15.2 Å². The molecule has 0 unspecified atom stereocenters. The number of hydrogen-bond acceptors (Lipinski definition) is 6. The fourth-order valence-corrected chi connectivity index (χ4v) is 4.65. The van der Waals surface area contributed by atoms with Gasteiger partial charge in [-0.3, -0.25) is 19.5 Å². The first-order valence-electron chi connectivity index (χ1n) is 10.8. The maximum absolute atomic E-state index is 12.1. The number of anilines is 1. The summed E-state index contributed by atoms with van der Waals surface area (Å²) in [6, 6.07) is 4.31. The summed E-state index contributed by atoms with van der Waals surface area (Å²) in [6.07, 6.45) is 7.64. The van der Waals surface area contributed by atoms with Gasteiger partial charge in [-0.1, -0.05) is 6.92 Å². The highest BCUT2D eigenvalue weighted by Crippen LogP contribution is 2.36. The molecule has 8 heteroatoms. The molecule has 2 aliphatic rings. The summed E-state index contributed by atoms with van der Waals surface area (Å²) in [4.78, 5) is 40.3. The largest absolute Gasteiger partial charge is 0.368 e. The van der Waals surface area contributed by atoms with Gasteiger partial charge in [-0.15, -0.1) is 0 Å². The lowest BCUT2D eigenvalue weighted by molar-refractivity contribution is 0.0958. The number of pyridine rings is 1. The molecule has 0 radical (unpaired) electrons. The van der Waals surface area contributed by atoms with Crippen LogP contribution in [0.3, 0.4) is 0 Å². The lowest BCUT2D eigenvalue weighted by atomic mass is 10.0. The maximum atomic E-state index is 12.1. The first-order chi connectivity index (χ1) is 14.6. The molecule has 1 aliphatic heterocycles. The SMILES string of the molecule is CCc1ncc([C@@H]2CC[C@H](N3CCN(c4ccc(C(=O)NC)nc4)CC3)C2)[nH]c1=O. The molecule has 2 aromatic rings. The van der Waals surface area contributed by atoms with Crippen molar-refractivity contribution in [3.8, 4) is 0 Å². The Bertz CT molecular complexity index is 933. The van der Waals surface area contributed by atoms with Crippen molar-refractivity contribution in [1.29, 1.82) is 0 Å². The van der Waals surface area contributed by atoms with Crippen molar-refractivity contribution >= 4 is 11.6 Å². The Kier molecular flexibility index (Phi) is 6.13. The lowest BCUT2D eigenvalue weighted by Crippen LogP contribution is -2.49. The molecule has 0 spiro atoms. The molecule has 0 aromatic carbocycles. The van der Waals surface area contributed by atoms with Crippen LogP contribution in [0.1, 0.15) is 54.0 Å². The van der Waals surface area contributed by atoms with Crippen LogP contribution in [-0.4, -0.2) is 65.0 Å². The van der Waals surface area contributed by atoms with Crippen LogP contribution in [0.4, 0.5) is 5.69 Å². The minimum atomic E-state index is -0.164. The second kappa shape index (κ2) is 8.95. The quantitative estimate of drug-likeness (QED) is 0.777. The monoisotopic (exact) mass is 410 g/mol. The molecule has 2 N–H and O–H groups in total. The third kappa shape index (κ3) is 4.23. The number of rotatable bonds is 5. The highest BCUT2D eigenvalue weighted by molar-refractivity contribution is 5.92. The summed E-state index contributed by atoms with van der Waals surface area (Å²) in [5, 5.41) is 2.60. The molecule has 3 heterocycles. The molecule has 4 rings (SSSR count). The van der Waals surface area contributed by atoms with E-state index in [9.17, 15) is 9.59 Å². The van der Waals surface area contributed by atoms with Gasteiger partial charge in [0.05, 0.1) is 11.9 Å². The predicted octanol–water partition coefficient (Wildman–Crippen LogP) is 1.55. The molecule has 1 aliphatic carbocycles. The van der Waals surface area contributed by atoms with Crippen molar-refractivity contribution in [2.24, 2.45) is 0 Å². The Morgan fingerprint density at radius 1 is 1.17 bits per heavy atom. The van der Waals surface area contributed by atoms with Gasteiger partial charge in [0.1, 0.15) is 11.4 Å². The zero-order valence-corrected chi connectivity index (χ0v) is 17.7. The summed E-state index contributed by atoms with van der Waals surface area (Å²) < 4.78 is 0.